The topological polar surface area (TPSA) is 66.8 Å². The molecule has 1 aliphatic heterocycles. The highest BCUT2D eigenvalue weighted by Gasteiger charge is 2.41. The lowest BCUT2D eigenvalue weighted by Crippen LogP contribution is -2.43. The van der Waals surface area contributed by atoms with Crippen LogP contribution in [0.5, 0.6) is 0 Å². The van der Waals surface area contributed by atoms with Crippen molar-refractivity contribution in [3.8, 4) is 12.3 Å². The average Bonchev–Trinajstić information content (AvgIpc) is 2.59. The van der Waals surface area contributed by atoms with Crippen molar-refractivity contribution in [2.75, 3.05) is 6.54 Å². The van der Waals surface area contributed by atoms with Crippen LogP contribution in [0.15, 0.2) is 0 Å². The molecule has 0 spiro atoms. The first-order chi connectivity index (χ1) is 8.24. The number of ether oxygens (including phenoxy) is 1. The van der Waals surface area contributed by atoms with E-state index in [9.17, 15) is 9.59 Å². The first kappa shape index (κ1) is 14.4. The van der Waals surface area contributed by atoms with E-state index in [-0.39, 0.29) is 5.92 Å². The zero-order valence-electron chi connectivity index (χ0n) is 11.0. The van der Waals surface area contributed by atoms with Gasteiger partial charge in [-0.25, -0.2) is 9.59 Å². The van der Waals surface area contributed by atoms with Crippen LogP contribution in [0.25, 0.3) is 0 Å². The van der Waals surface area contributed by atoms with E-state index < -0.39 is 23.7 Å². The van der Waals surface area contributed by atoms with Crippen LogP contribution in [0, 0.1) is 18.3 Å². The molecule has 1 N–H and O–H groups in total. The van der Waals surface area contributed by atoms with Crippen molar-refractivity contribution in [2.24, 2.45) is 5.92 Å². The van der Waals surface area contributed by atoms with Gasteiger partial charge in [0.1, 0.15) is 11.6 Å². The number of likely N-dealkylation sites (tertiary alicyclic amines) is 1. The Bertz CT molecular complexity index is 377. The lowest BCUT2D eigenvalue weighted by molar-refractivity contribution is -0.142. The van der Waals surface area contributed by atoms with E-state index in [1.165, 1.54) is 4.90 Å². The minimum atomic E-state index is -1.01. The van der Waals surface area contributed by atoms with Crippen LogP contribution in [0.1, 0.15) is 33.6 Å². The molecule has 1 saturated heterocycles. The zero-order valence-corrected chi connectivity index (χ0v) is 11.0. The van der Waals surface area contributed by atoms with Gasteiger partial charge >= 0.3 is 12.1 Å². The number of rotatable bonds is 2. The van der Waals surface area contributed by atoms with Crippen molar-refractivity contribution in [1.29, 1.82) is 0 Å². The molecule has 0 radical (unpaired) electrons. The number of hydrogen-bond acceptors (Lipinski definition) is 3. The van der Waals surface area contributed by atoms with Crippen molar-refractivity contribution >= 4 is 12.1 Å². The Morgan fingerprint density at radius 1 is 1.50 bits per heavy atom. The largest absolute Gasteiger partial charge is 0.480 e. The van der Waals surface area contributed by atoms with Gasteiger partial charge in [-0.05, 0) is 33.1 Å². The van der Waals surface area contributed by atoms with Gasteiger partial charge in [-0.1, -0.05) is 0 Å². The van der Waals surface area contributed by atoms with Gasteiger partial charge in [0.25, 0.3) is 0 Å². The van der Waals surface area contributed by atoms with Gasteiger partial charge in [0.2, 0.25) is 0 Å². The number of carbonyl (C=O) groups is 2. The van der Waals surface area contributed by atoms with Gasteiger partial charge in [0.05, 0.1) is 0 Å². The molecule has 0 saturated carbocycles. The standard InChI is InChI=1S/C13H19NO4/c1-5-6-9-7-10(11(15)16)14(8-9)12(17)18-13(2,3)4/h1,9-10H,6-8H2,2-4H3,(H,15,16)/t9-,10-/m0/s1. The minimum absolute atomic E-state index is 0.0311. The van der Waals surface area contributed by atoms with Crippen LogP contribution in [0.2, 0.25) is 0 Å². The van der Waals surface area contributed by atoms with Crippen LogP contribution in [-0.4, -0.2) is 40.3 Å². The van der Waals surface area contributed by atoms with E-state index in [4.69, 9.17) is 16.3 Å². The van der Waals surface area contributed by atoms with Gasteiger partial charge in [-0.15, -0.1) is 12.3 Å². The van der Waals surface area contributed by atoms with Gasteiger partial charge in [-0.2, -0.15) is 0 Å². The number of aliphatic carboxylic acids is 1. The van der Waals surface area contributed by atoms with Gasteiger partial charge < -0.3 is 9.84 Å². The number of carbonyl (C=O) groups excluding carboxylic acids is 1. The Morgan fingerprint density at radius 3 is 2.56 bits per heavy atom. The molecular formula is C13H19NO4. The molecular weight excluding hydrogens is 234 g/mol. The first-order valence-electron chi connectivity index (χ1n) is 5.90. The minimum Gasteiger partial charge on any atom is -0.480 e. The fourth-order valence-electron chi connectivity index (χ4n) is 1.99. The van der Waals surface area contributed by atoms with Gasteiger partial charge in [-0.3, -0.25) is 4.90 Å². The molecule has 0 aromatic rings. The summed E-state index contributed by atoms with van der Waals surface area (Å²) in [5, 5.41) is 9.12. The third-order valence-corrected chi connectivity index (χ3v) is 2.71. The molecule has 1 rings (SSSR count). The molecule has 1 aliphatic rings. The van der Waals surface area contributed by atoms with Crippen LogP contribution in [0.4, 0.5) is 4.79 Å². The summed E-state index contributed by atoms with van der Waals surface area (Å²) in [6.07, 6.45) is 5.50. The number of nitrogens with zero attached hydrogens (tertiary/aromatic N) is 1. The summed E-state index contributed by atoms with van der Waals surface area (Å²) in [5.74, 6) is 1.52. The highest BCUT2D eigenvalue weighted by atomic mass is 16.6. The van der Waals surface area contributed by atoms with Crippen LogP contribution >= 0.6 is 0 Å². The summed E-state index contributed by atoms with van der Waals surface area (Å²) in [6.45, 7) is 5.58. The maximum absolute atomic E-state index is 11.9. The Kier molecular flexibility index (Phi) is 4.23. The van der Waals surface area contributed by atoms with E-state index in [0.29, 0.717) is 19.4 Å². The molecule has 1 fully saturated rings. The molecule has 0 bridgehead atoms. The summed E-state index contributed by atoms with van der Waals surface area (Å²) in [4.78, 5) is 24.3. The molecule has 0 aromatic heterocycles. The molecule has 5 nitrogen and oxygen atoms in total. The smallest absolute Gasteiger partial charge is 0.411 e. The summed E-state index contributed by atoms with van der Waals surface area (Å²) < 4.78 is 5.20. The van der Waals surface area contributed by atoms with Gasteiger partial charge in [0, 0.05) is 13.0 Å². The third-order valence-electron chi connectivity index (χ3n) is 2.71. The summed E-state index contributed by atoms with van der Waals surface area (Å²) in [7, 11) is 0. The maximum Gasteiger partial charge on any atom is 0.411 e. The lowest BCUT2D eigenvalue weighted by Gasteiger charge is -2.26. The molecule has 5 heteroatoms. The normalized spacial score (nSPS) is 23.6. The van der Waals surface area contributed by atoms with Crippen LogP contribution < -0.4 is 0 Å². The number of carboxylic acids is 1. The van der Waals surface area contributed by atoms with Crippen LogP contribution in [0.3, 0.4) is 0 Å². The van der Waals surface area contributed by atoms with E-state index in [1.54, 1.807) is 20.8 Å². The quantitative estimate of drug-likeness (QED) is 0.761. The zero-order chi connectivity index (χ0) is 13.9. The SMILES string of the molecule is C#CC[C@H]1C[C@@H](C(=O)O)N(C(=O)OC(C)(C)C)C1. The maximum atomic E-state index is 11.9. The first-order valence-corrected chi connectivity index (χ1v) is 5.90. The second kappa shape index (κ2) is 5.30. The van der Waals surface area contributed by atoms with Crippen LogP contribution in [-0.2, 0) is 9.53 Å². The second-order valence-electron chi connectivity index (χ2n) is 5.50. The van der Waals surface area contributed by atoms with Crippen molar-refractivity contribution in [3.05, 3.63) is 0 Å². The van der Waals surface area contributed by atoms with E-state index in [0.717, 1.165) is 0 Å². The molecule has 18 heavy (non-hydrogen) atoms. The Balaban J connectivity index is 2.76. The molecule has 0 aromatic carbocycles. The van der Waals surface area contributed by atoms with E-state index >= 15 is 0 Å². The summed E-state index contributed by atoms with van der Waals surface area (Å²) in [5.41, 5.74) is -0.635. The molecule has 100 valence electrons. The third kappa shape index (κ3) is 3.66. The fraction of sp³-hybridized carbons (Fsp3) is 0.692. The average molecular weight is 253 g/mol. The number of amides is 1. The number of hydrogen-bond donors (Lipinski definition) is 1. The highest BCUT2D eigenvalue weighted by molar-refractivity contribution is 5.81. The molecule has 1 heterocycles. The molecule has 2 atom stereocenters. The molecule has 0 unspecified atom stereocenters. The van der Waals surface area contributed by atoms with Crippen molar-refractivity contribution < 1.29 is 19.4 Å². The monoisotopic (exact) mass is 253 g/mol. The predicted octanol–water partition coefficient (Wildman–Crippen LogP) is 1.72. The highest BCUT2D eigenvalue weighted by Crippen LogP contribution is 2.27. The second-order valence-corrected chi connectivity index (χ2v) is 5.50. The van der Waals surface area contributed by atoms with Crippen molar-refractivity contribution in [3.63, 3.8) is 0 Å². The van der Waals surface area contributed by atoms with E-state index in [2.05, 4.69) is 5.92 Å². The van der Waals surface area contributed by atoms with Gasteiger partial charge in [0.15, 0.2) is 0 Å². The Hall–Kier alpha value is -1.70. The lowest BCUT2D eigenvalue weighted by atomic mass is 10.0. The Morgan fingerprint density at radius 2 is 2.11 bits per heavy atom. The van der Waals surface area contributed by atoms with E-state index in [1.807, 2.05) is 0 Å². The number of carboxylic acid groups (broad SMARTS) is 1. The fourth-order valence-corrected chi connectivity index (χ4v) is 1.99. The number of terminal acetylenes is 1. The summed E-state index contributed by atoms with van der Waals surface area (Å²) in [6, 6.07) is -0.835. The van der Waals surface area contributed by atoms with Crippen molar-refractivity contribution in [1.82, 2.24) is 4.90 Å². The van der Waals surface area contributed by atoms with Crippen molar-refractivity contribution in [2.45, 2.75) is 45.3 Å². The predicted molar refractivity (Wildman–Crippen MR) is 65.9 cm³/mol. The Labute approximate surface area is 107 Å². The molecule has 0 aliphatic carbocycles. The summed E-state index contributed by atoms with van der Waals surface area (Å²) >= 11 is 0. The molecule has 1 amide bonds.